The maximum atomic E-state index is 11.5. The highest BCUT2D eigenvalue weighted by atomic mass is 32.1. The molecular formula is C10H17N3O5S. The number of carbonyl (C=O) groups is 4. The Morgan fingerprint density at radius 3 is 2.16 bits per heavy atom. The maximum Gasteiger partial charge on any atom is 0.314 e. The number of hydrogen-bond acceptors (Lipinski definition) is 6. The van der Waals surface area contributed by atoms with Gasteiger partial charge in [-0.2, -0.15) is 12.6 Å². The maximum absolute atomic E-state index is 11.5. The SMILES string of the molecule is NCCC(C(=O)O)C(=O)CNC(=O)CNC(=O)CS. The lowest BCUT2D eigenvalue weighted by atomic mass is 10.0. The average Bonchev–Trinajstić information content (AvgIpc) is 2.38. The van der Waals surface area contributed by atoms with Crippen molar-refractivity contribution in [2.24, 2.45) is 11.7 Å². The van der Waals surface area contributed by atoms with Gasteiger partial charge in [0.2, 0.25) is 11.8 Å². The van der Waals surface area contributed by atoms with E-state index in [-0.39, 0.29) is 25.3 Å². The van der Waals surface area contributed by atoms with E-state index in [0.717, 1.165) is 0 Å². The standard InChI is InChI=1S/C10H17N3O5S/c11-2-1-6(10(17)18)7(14)3-12-8(15)4-13-9(16)5-19/h6,19H,1-5,11H2,(H,12,15)(H,13,16)(H,17,18). The average molecular weight is 291 g/mol. The van der Waals surface area contributed by atoms with Gasteiger partial charge in [0, 0.05) is 0 Å². The van der Waals surface area contributed by atoms with Crippen molar-refractivity contribution >= 4 is 36.2 Å². The van der Waals surface area contributed by atoms with Gasteiger partial charge in [-0.05, 0) is 13.0 Å². The zero-order valence-corrected chi connectivity index (χ0v) is 11.1. The molecule has 0 rings (SSSR count). The fraction of sp³-hybridized carbons (Fsp3) is 0.600. The van der Waals surface area contributed by atoms with Gasteiger partial charge < -0.3 is 21.5 Å². The molecule has 5 N–H and O–H groups in total. The molecule has 19 heavy (non-hydrogen) atoms. The van der Waals surface area contributed by atoms with Gasteiger partial charge in [0.05, 0.1) is 18.8 Å². The fourth-order valence-electron chi connectivity index (χ4n) is 1.20. The Balaban J connectivity index is 4.09. The highest BCUT2D eigenvalue weighted by Crippen LogP contribution is 2.03. The molecule has 1 atom stereocenters. The van der Waals surface area contributed by atoms with Gasteiger partial charge in [-0.1, -0.05) is 0 Å². The summed E-state index contributed by atoms with van der Waals surface area (Å²) in [5.41, 5.74) is 5.20. The van der Waals surface area contributed by atoms with E-state index in [1.165, 1.54) is 0 Å². The first kappa shape index (κ1) is 17.4. The van der Waals surface area contributed by atoms with Gasteiger partial charge in [0.25, 0.3) is 0 Å². The predicted octanol–water partition coefficient (Wildman–Crippen LogP) is -2.23. The number of aliphatic carboxylic acids is 1. The number of nitrogens with two attached hydrogens (primary N) is 1. The number of carbonyl (C=O) groups excluding carboxylic acids is 3. The van der Waals surface area contributed by atoms with Crippen molar-refractivity contribution in [3.05, 3.63) is 0 Å². The molecule has 2 amide bonds. The first-order valence-electron chi connectivity index (χ1n) is 5.52. The van der Waals surface area contributed by atoms with Crippen LogP contribution in [0.3, 0.4) is 0 Å². The molecule has 0 aromatic carbocycles. The predicted molar refractivity (Wildman–Crippen MR) is 69.7 cm³/mol. The molecule has 0 heterocycles. The summed E-state index contributed by atoms with van der Waals surface area (Å²) in [6.45, 7) is -0.636. The molecule has 0 radical (unpaired) electrons. The van der Waals surface area contributed by atoms with Crippen LogP contribution < -0.4 is 16.4 Å². The van der Waals surface area contributed by atoms with Gasteiger partial charge in [0.15, 0.2) is 5.78 Å². The topological polar surface area (TPSA) is 139 Å². The Kier molecular flexibility index (Phi) is 8.55. The Labute approximate surface area is 115 Å². The summed E-state index contributed by atoms with van der Waals surface area (Å²) < 4.78 is 0. The van der Waals surface area contributed by atoms with E-state index >= 15 is 0 Å². The van der Waals surface area contributed by atoms with Crippen molar-refractivity contribution in [2.45, 2.75) is 6.42 Å². The van der Waals surface area contributed by atoms with E-state index in [1.54, 1.807) is 0 Å². The van der Waals surface area contributed by atoms with Crippen LogP contribution in [0.25, 0.3) is 0 Å². The van der Waals surface area contributed by atoms with E-state index in [1.807, 2.05) is 0 Å². The molecule has 0 saturated carbocycles. The third-order valence-corrected chi connectivity index (χ3v) is 2.48. The number of amides is 2. The monoisotopic (exact) mass is 291 g/mol. The lowest BCUT2D eigenvalue weighted by Gasteiger charge is -2.11. The quantitative estimate of drug-likeness (QED) is 0.241. The Morgan fingerprint density at radius 1 is 1.11 bits per heavy atom. The number of thiol groups is 1. The molecule has 0 saturated heterocycles. The third-order valence-electron chi connectivity index (χ3n) is 2.19. The molecule has 0 aliphatic carbocycles. The number of carboxylic acids is 1. The molecular weight excluding hydrogens is 274 g/mol. The summed E-state index contributed by atoms with van der Waals surface area (Å²) in [6, 6.07) is 0. The lowest BCUT2D eigenvalue weighted by Crippen LogP contribution is -2.41. The van der Waals surface area contributed by atoms with Crippen molar-refractivity contribution in [2.75, 3.05) is 25.4 Å². The summed E-state index contributed by atoms with van der Waals surface area (Å²) in [5, 5.41) is 13.3. The summed E-state index contributed by atoms with van der Waals surface area (Å²) in [4.78, 5) is 44.4. The molecule has 108 valence electrons. The highest BCUT2D eigenvalue weighted by molar-refractivity contribution is 7.81. The van der Waals surface area contributed by atoms with E-state index in [4.69, 9.17) is 10.8 Å². The van der Waals surface area contributed by atoms with Crippen LogP contribution in [0.15, 0.2) is 0 Å². The van der Waals surface area contributed by atoms with Crippen LogP contribution in [0.4, 0.5) is 0 Å². The minimum atomic E-state index is -1.27. The zero-order valence-electron chi connectivity index (χ0n) is 10.2. The summed E-state index contributed by atoms with van der Waals surface area (Å²) in [7, 11) is 0. The minimum Gasteiger partial charge on any atom is -0.481 e. The molecule has 0 fully saturated rings. The molecule has 0 aromatic rings. The van der Waals surface area contributed by atoms with Crippen LogP contribution in [-0.2, 0) is 19.2 Å². The molecule has 1 unspecified atom stereocenters. The van der Waals surface area contributed by atoms with Gasteiger partial charge in [-0.3, -0.25) is 19.2 Å². The normalized spacial score (nSPS) is 11.5. The number of carboxylic acid groups (broad SMARTS) is 1. The van der Waals surface area contributed by atoms with Crippen molar-refractivity contribution in [3.8, 4) is 0 Å². The molecule has 0 spiro atoms. The minimum absolute atomic E-state index is 0.0143. The summed E-state index contributed by atoms with van der Waals surface area (Å²) >= 11 is 3.70. The van der Waals surface area contributed by atoms with E-state index in [0.29, 0.717) is 0 Å². The first-order valence-corrected chi connectivity index (χ1v) is 6.15. The lowest BCUT2D eigenvalue weighted by molar-refractivity contribution is -0.146. The van der Waals surface area contributed by atoms with Crippen LogP contribution in [0, 0.1) is 5.92 Å². The van der Waals surface area contributed by atoms with Crippen LogP contribution >= 0.6 is 12.6 Å². The Bertz CT molecular complexity index is 361. The van der Waals surface area contributed by atoms with Crippen LogP contribution in [0.1, 0.15) is 6.42 Å². The summed E-state index contributed by atoms with van der Waals surface area (Å²) in [6.07, 6.45) is 0.0143. The van der Waals surface area contributed by atoms with E-state index in [2.05, 4.69) is 23.3 Å². The van der Waals surface area contributed by atoms with Crippen LogP contribution in [0.2, 0.25) is 0 Å². The largest absolute Gasteiger partial charge is 0.481 e. The van der Waals surface area contributed by atoms with Crippen molar-refractivity contribution in [1.29, 1.82) is 0 Å². The second-order valence-electron chi connectivity index (χ2n) is 3.65. The van der Waals surface area contributed by atoms with Crippen molar-refractivity contribution in [3.63, 3.8) is 0 Å². The van der Waals surface area contributed by atoms with Crippen LogP contribution in [0.5, 0.6) is 0 Å². The second kappa shape index (κ2) is 9.34. The van der Waals surface area contributed by atoms with Crippen molar-refractivity contribution < 1.29 is 24.3 Å². The highest BCUT2D eigenvalue weighted by Gasteiger charge is 2.25. The molecule has 8 nitrogen and oxygen atoms in total. The summed E-state index contributed by atoms with van der Waals surface area (Å²) in [5.74, 6) is -4.18. The Morgan fingerprint density at radius 2 is 1.68 bits per heavy atom. The van der Waals surface area contributed by atoms with Crippen LogP contribution in [-0.4, -0.2) is 54.1 Å². The molecule has 9 heteroatoms. The third kappa shape index (κ3) is 7.42. The number of rotatable bonds is 9. The second-order valence-corrected chi connectivity index (χ2v) is 3.96. The number of hydrogen-bond donors (Lipinski definition) is 5. The van der Waals surface area contributed by atoms with Gasteiger partial charge in [-0.25, -0.2) is 0 Å². The first-order chi connectivity index (χ1) is 8.92. The molecule has 0 bridgehead atoms. The molecule has 0 aliphatic heterocycles. The molecule has 0 aliphatic rings. The molecule has 0 aromatic heterocycles. The van der Waals surface area contributed by atoms with Gasteiger partial charge in [-0.15, -0.1) is 0 Å². The smallest absolute Gasteiger partial charge is 0.314 e. The number of Topliss-reactive ketones (excluding diaryl/α,β-unsaturated/α-hetero) is 1. The van der Waals surface area contributed by atoms with E-state index in [9.17, 15) is 19.2 Å². The van der Waals surface area contributed by atoms with Crippen molar-refractivity contribution in [1.82, 2.24) is 10.6 Å². The van der Waals surface area contributed by atoms with E-state index < -0.39 is 36.0 Å². The van der Waals surface area contributed by atoms with Gasteiger partial charge >= 0.3 is 5.97 Å². The fourth-order valence-corrected chi connectivity index (χ4v) is 1.31. The number of nitrogens with one attached hydrogen (secondary N) is 2. The zero-order chi connectivity index (χ0) is 14.8. The van der Waals surface area contributed by atoms with Gasteiger partial charge in [0.1, 0.15) is 5.92 Å². The Hall–Kier alpha value is -1.61. The number of ketones is 1.